The topological polar surface area (TPSA) is 66.0 Å². The van der Waals surface area contributed by atoms with Gasteiger partial charge >= 0.3 is 0 Å². The Morgan fingerprint density at radius 2 is 1.86 bits per heavy atom. The normalized spacial score (nSPS) is 12.6. The Labute approximate surface area is 129 Å². The Kier molecular flexibility index (Phi) is 3.63. The van der Waals surface area contributed by atoms with E-state index in [0.717, 1.165) is 22.4 Å². The standard InChI is InChI=1S/C17H19N5/c1-17(2,3)15(14-10-6-7-11-18-14)21-22-16-19-12-8-4-5-9-13(12)20-16/h4-11H,1-3H3,(H2,19,20,22)/b21-15-. The Balaban J connectivity index is 1.93. The number of anilines is 1. The molecule has 112 valence electrons. The number of imidazole rings is 1. The molecule has 2 aromatic heterocycles. The molecule has 22 heavy (non-hydrogen) atoms. The van der Waals surface area contributed by atoms with Crippen molar-refractivity contribution in [2.75, 3.05) is 5.43 Å². The highest BCUT2D eigenvalue weighted by atomic mass is 15.4. The van der Waals surface area contributed by atoms with E-state index >= 15 is 0 Å². The van der Waals surface area contributed by atoms with Crippen LogP contribution in [0.3, 0.4) is 0 Å². The van der Waals surface area contributed by atoms with Crippen molar-refractivity contribution in [2.45, 2.75) is 20.8 Å². The Morgan fingerprint density at radius 3 is 2.55 bits per heavy atom. The number of aromatic amines is 1. The smallest absolute Gasteiger partial charge is 0.222 e. The molecule has 3 aromatic rings. The lowest BCUT2D eigenvalue weighted by Gasteiger charge is -2.20. The molecule has 0 saturated carbocycles. The van der Waals surface area contributed by atoms with E-state index in [4.69, 9.17) is 0 Å². The van der Waals surface area contributed by atoms with E-state index in [9.17, 15) is 0 Å². The molecule has 0 unspecified atom stereocenters. The molecule has 0 atom stereocenters. The molecule has 0 amide bonds. The zero-order valence-corrected chi connectivity index (χ0v) is 13.0. The van der Waals surface area contributed by atoms with Crippen LogP contribution in [-0.4, -0.2) is 20.7 Å². The number of rotatable bonds is 3. The van der Waals surface area contributed by atoms with E-state index in [1.165, 1.54) is 0 Å². The molecule has 1 aromatic carbocycles. The summed E-state index contributed by atoms with van der Waals surface area (Å²) in [7, 11) is 0. The van der Waals surface area contributed by atoms with Crippen LogP contribution in [0.25, 0.3) is 11.0 Å². The van der Waals surface area contributed by atoms with Crippen LogP contribution in [0.1, 0.15) is 26.5 Å². The predicted molar refractivity (Wildman–Crippen MR) is 89.9 cm³/mol. The number of para-hydroxylation sites is 2. The number of benzene rings is 1. The second-order valence-electron chi connectivity index (χ2n) is 6.14. The minimum atomic E-state index is -0.132. The molecular weight excluding hydrogens is 274 g/mol. The number of fused-ring (bicyclic) bond motifs is 1. The maximum Gasteiger partial charge on any atom is 0.222 e. The van der Waals surface area contributed by atoms with Gasteiger partial charge in [0.05, 0.1) is 22.4 Å². The van der Waals surface area contributed by atoms with Crippen molar-refractivity contribution in [2.24, 2.45) is 10.5 Å². The van der Waals surface area contributed by atoms with Crippen molar-refractivity contribution in [3.05, 3.63) is 54.4 Å². The predicted octanol–water partition coefficient (Wildman–Crippen LogP) is 3.82. The zero-order chi connectivity index (χ0) is 15.6. The molecule has 0 fully saturated rings. The molecule has 3 rings (SSSR count). The van der Waals surface area contributed by atoms with E-state index in [1.54, 1.807) is 6.20 Å². The fourth-order valence-electron chi connectivity index (χ4n) is 2.23. The van der Waals surface area contributed by atoms with E-state index in [2.05, 4.69) is 46.3 Å². The van der Waals surface area contributed by atoms with Gasteiger partial charge in [0, 0.05) is 11.6 Å². The molecule has 0 radical (unpaired) electrons. The quantitative estimate of drug-likeness (QED) is 0.570. The number of nitrogens with zero attached hydrogens (tertiary/aromatic N) is 3. The van der Waals surface area contributed by atoms with Gasteiger partial charge < -0.3 is 4.98 Å². The Hall–Kier alpha value is -2.69. The van der Waals surface area contributed by atoms with Gasteiger partial charge in [0.15, 0.2) is 0 Å². The Bertz CT molecular complexity index is 764. The molecule has 0 aliphatic heterocycles. The molecule has 0 spiro atoms. The molecule has 2 N–H and O–H groups in total. The second-order valence-corrected chi connectivity index (χ2v) is 6.14. The second kappa shape index (κ2) is 5.60. The summed E-state index contributed by atoms with van der Waals surface area (Å²) in [4.78, 5) is 12.1. The van der Waals surface area contributed by atoms with Crippen LogP contribution in [0.2, 0.25) is 0 Å². The highest BCUT2D eigenvalue weighted by Gasteiger charge is 2.22. The lowest BCUT2D eigenvalue weighted by Crippen LogP contribution is -2.24. The summed E-state index contributed by atoms with van der Waals surface area (Å²) in [5.41, 5.74) is 6.53. The summed E-state index contributed by atoms with van der Waals surface area (Å²) in [6, 6.07) is 13.7. The minimum absolute atomic E-state index is 0.132. The average Bonchev–Trinajstić information content (AvgIpc) is 2.90. The largest absolute Gasteiger partial charge is 0.323 e. The van der Waals surface area contributed by atoms with Gasteiger partial charge in [-0.3, -0.25) is 4.98 Å². The van der Waals surface area contributed by atoms with Crippen molar-refractivity contribution >= 4 is 22.7 Å². The molecule has 0 aliphatic carbocycles. The van der Waals surface area contributed by atoms with Crippen LogP contribution in [0.5, 0.6) is 0 Å². The highest BCUT2D eigenvalue weighted by Crippen LogP contribution is 2.21. The molecule has 2 heterocycles. The summed E-state index contributed by atoms with van der Waals surface area (Å²) in [6.45, 7) is 6.34. The van der Waals surface area contributed by atoms with Crippen LogP contribution >= 0.6 is 0 Å². The lowest BCUT2D eigenvalue weighted by atomic mass is 9.88. The van der Waals surface area contributed by atoms with Crippen molar-refractivity contribution in [3.63, 3.8) is 0 Å². The SMILES string of the molecule is CC(C)(C)/C(=N\Nc1nc2ccccc2[nH]1)c1ccccn1. The zero-order valence-electron chi connectivity index (χ0n) is 13.0. The summed E-state index contributed by atoms with van der Waals surface area (Å²) >= 11 is 0. The fraction of sp³-hybridized carbons (Fsp3) is 0.235. The first-order valence-electron chi connectivity index (χ1n) is 7.24. The van der Waals surface area contributed by atoms with E-state index < -0.39 is 0 Å². The van der Waals surface area contributed by atoms with Gasteiger partial charge in [-0.05, 0) is 24.3 Å². The summed E-state index contributed by atoms with van der Waals surface area (Å²) in [6.07, 6.45) is 1.78. The van der Waals surface area contributed by atoms with Gasteiger partial charge in [0.2, 0.25) is 5.95 Å². The fourth-order valence-corrected chi connectivity index (χ4v) is 2.23. The first-order chi connectivity index (χ1) is 10.5. The van der Waals surface area contributed by atoms with Crippen molar-refractivity contribution in [1.82, 2.24) is 15.0 Å². The maximum atomic E-state index is 4.54. The number of hydrogen-bond donors (Lipinski definition) is 2. The number of H-pyrrole nitrogens is 1. The van der Waals surface area contributed by atoms with Crippen LogP contribution < -0.4 is 5.43 Å². The number of nitrogens with one attached hydrogen (secondary N) is 2. The molecule has 0 bridgehead atoms. The van der Waals surface area contributed by atoms with Crippen LogP contribution in [0.4, 0.5) is 5.95 Å². The van der Waals surface area contributed by atoms with E-state index in [0.29, 0.717) is 5.95 Å². The van der Waals surface area contributed by atoms with Crippen LogP contribution in [-0.2, 0) is 0 Å². The number of aromatic nitrogens is 3. The molecule has 0 saturated heterocycles. The third-order valence-electron chi connectivity index (χ3n) is 3.28. The Morgan fingerprint density at radius 1 is 1.09 bits per heavy atom. The minimum Gasteiger partial charge on any atom is -0.323 e. The first kappa shape index (κ1) is 14.3. The van der Waals surface area contributed by atoms with Crippen LogP contribution in [0, 0.1) is 5.41 Å². The molecular formula is C17H19N5. The number of hydrazone groups is 1. The molecule has 5 nitrogen and oxygen atoms in total. The van der Waals surface area contributed by atoms with Gasteiger partial charge in [-0.1, -0.05) is 39.0 Å². The highest BCUT2D eigenvalue weighted by molar-refractivity contribution is 6.02. The van der Waals surface area contributed by atoms with Gasteiger partial charge in [-0.2, -0.15) is 5.10 Å². The van der Waals surface area contributed by atoms with Crippen molar-refractivity contribution < 1.29 is 0 Å². The third kappa shape index (κ3) is 2.98. The maximum absolute atomic E-state index is 4.54. The lowest BCUT2D eigenvalue weighted by molar-refractivity contribution is 0.589. The van der Waals surface area contributed by atoms with Gasteiger partial charge in [0.1, 0.15) is 0 Å². The summed E-state index contributed by atoms with van der Waals surface area (Å²) in [5.74, 6) is 0.624. The van der Waals surface area contributed by atoms with Gasteiger partial charge in [-0.25, -0.2) is 10.4 Å². The molecule has 5 heteroatoms. The monoisotopic (exact) mass is 293 g/mol. The number of pyridine rings is 1. The van der Waals surface area contributed by atoms with Gasteiger partial charge in [0.25, 0.3) is 0 Å². The van der Waals surface area contributed by atoms with E-state index in [-0.39, 0.29) is 5.41 Å². The van der Waals surface area contributed by atoms with Crippen LogP contribution in [0.15, 0.2) is 53.8 Å². The first-order valence-corrected chi connectivity index (χ1v) is 7.24. The van der Waals surface area contributed by atoms with Gasteiger partial charge in [-0.15, -0.1) is 0 Å². The summed E-state index contributed by atoms with van der Waals surface area (Å²) < 4.78 is 0. The summed E-state index contributed by atoms with van der Waals surface area (Å²) in [5, 5.41) is 4.54. The molecule has 0 aliphatic rings. The van der Waals surface area contributed by atoms with Crippen molar-refractivity contribution in [3.8, 4) is 0 Å². The van der Waals surface area contributed by atoms with Crippen molar-refractivity contribution in [1.29, 1.82) is 0 Å². The average molecular weight is 293 g/mol. The number of hydrogen-bond acceptors (Lipinski definition) is 4. The third-order valence-corrected chi connectivity index (χ3v) is 3.28. The van der Waals surface area contributed by atoms with E-state index in [1.807, 2.05) is 42.5 Å².